The van der Waals surface area contributed by atoms with E-state index in [9.17, 15) is 0 Å². The Morgan fingerprint density at radius 2 is 2.20 bits per heavy atom. The van der Waals surface area contributed by atoms with Gasteiger partial charge in [-0.25, -0.2) is 0 Å². The molecule has 0 aliphatic carbocycles. The summed E-state index contributed by atoms with van der Waals surface area (Å²) in [5.41, 5.74) is 0. The zero-order chi connectivity index (χ0) is 7.98. The quantitative estimate of drug-likeness (QED) is 0.456. The van der Waals surface area contributed by atoms with Crippen LogP contribution < -0.4 is 5.84 Å². The zero-order valence-corrected chi connectivity index (χ0v) is 7.13. The first-order valence-electron chi connectivity index (χ1n) is 3.74. The minimum atomic E-state index is 0.330. The molecule has 0 bridgehead atoms. The van der Waals surface area contributed by atoms with E-state index in [1.165, 1.54) is 0 Å². The molecule has 0 fully saturated rings. The number of hydrogen-bond acceptors (Lipinski definition) is 3. The monoisotopic (exact) mass is 146 g/mol. The van der Waals surface area contributed by atoms with Crippen molar-refractivity contribution in [3.63, 3.8) is 0 Å². The van der Waals surface area contributed by atoms with Gasteiger partial charge in [-0.15, -0.1) is 0 Å². The summed E-state index contributed by atoms with van der Waals surface area (Å²) in [5.74, 6) is 5.41. The van der Waals surface area contributed by atoms with Gasteiger partial charge in [0.2, 0.25) is 0 Å². The van der Waals surface area contributed by atoms with E-state index in [0.29, 0.717) is 6.10 Å². The smallest absolute Gasteiger partial charge is 0.0559 e. The normalized spacial score (nSPS) is 14.1. The third-order valence-corrected chi connectivity index (χ3v) is 1.34. The van der Waals surface area contributed by atoms with Crippen molar-refractivity contribution in [2.24, 2.45) is 5.84 Å². The van der Waals surface area contributed by atoms with Gasteiger partial charge in [0.25, 0.3) is 0 Å². The number of nitrogens with two attached hydrogens (primary N) is 1. The maximum absolute atomic E-state index is 5.41. The first-order chi connectivity index (χ1) is 4.66. The third kappa shape index (κ3) is 6.01. The molecule has 62 valence electrons. The van der Waals surface area contributed by atoms with Crippen molar-refractivity contribution >= 4 is 0 Å². The van der Waals surface area contributed by atoms with Crippen molar-refractivity contribution in [2.45, 2.75) is 26.4 Å². The molecule has 3 nitrogen and oxygen atoms in total. The molecular formula is C7H18N2O. The maximum atomic E-state index is 5.41. The molecule has 2 N–H and O–H groups in total. The Hall–Kier alpha value is -0.120. The van der Waals surface area contributed by atoms with E-state index in [-0.39, 0.29) is 0 Å². The Labute approximate surface area is 63.1 Å². The molecule has 0 aromatic carbocycles. The molecule has 0 aromatic heterocycles. The molecule has 3 heteroatoms. The van der Waals surface area contributed by atoms with Crippen LogP contribution in [0.4, 0.5) is 0 Å². The number of nitrogens with zero attached hydrogens (tertiary/aromatic N) is 1. The van der Waals surface area contributed by atoms with Gasteiger partial charge in [-0.3, -0.25) is 10.9 Å². The van der Waals surface area contributed by atoms with E-state index in [4.69, 9.17) is 10.6 Å². The fourth-order valence-corrected chi connectivity index (χ4v) is 0.753. The van der Waals surface area contributed by atoms with Crippen LogP contribution in [0.25, 0.3) is 0 Å². The number of hydrogen-bond donors (Lipinski definition) is 1. The summed E-state index contributed by atoms with van der Waals surface area (Å²) in [5, 5.41) is 1.68. The van der Waals surface area contributed by atoms with Crippen molar-refractivity contribution in [1.82, 2.24) is 5.01 Å². The molecule has 0 aliphatic rings. The highest BCUT2D eigenvalue weighted by Crippen LogP contribution is 1.96. The van der Waals surface area contributed by atoms with Gasteiger partial charge in [0, 0.05) is 20.2 Å². The van der Waals surface area contributed by atoms with E-state index in [0.717, 1.165) is 19.6 Å². The molecule has 10 heavy (non-hydrogen) atoms. The van der Waals surface area contributed by atoms with Crippen LogP contribution in [0, 0.1) is 0 Å². The summed E-state index contributed by atoms with van der Waals surface area (Å²) in [7, 11) is 1.86. The van der Waals surface area contributed by atoms with E-state index < -0.39 is 0 Å². The van der Waals surface area contributed by atoms with Crippen molar-refractivity contribution in [2.75, 3.05) is 20.2 Å². The second kappa shape index (κ2) is 5.65. The maximum Gasteiger partial charge on any atom is 0.0559 e. The Kier molecular flexibility index (Phi) is 5.58. The molecule has 0 aromatic rings. The first kappa shape index (κ1) is 9.88. The molecular weight excluding hydrogens is 128 g/mol. The van der Waals surface area contributed by atoms with E-state index in [2.05, 4.69) is 6.92 Å². The SMILES string of the molecule is CCOC(C)CCN(C)N. The van der Waals surface area contributed by atoms with Gasteiger partial charge >= 0.3 is 0 Å². The molecule has 0 saturated carbocycles. The fourth-order valence-electron chi connectivity index (χ4n) is 0.753. The molecule has 0 spiro atoms. The van der Waals surface area contributed by atoms with Crippen LogP contribution in [-0.2, 0) is 4.74 Å². The molecule has 0 saturated heterocycles. The zero-order valence-electron chi connectivity index (χ0n) is 7.13. The lowest BCUT2D eigenvalue weighted by Gasteiger charge is -2.14. The summed E-state index contributed by atoms with van der Waals surface area (Å²) in [6.45, 7) is 5.74. The average Bonchev–Trinajstić information content (AvgIpc) is 1.85. The van der Waals surface area contributed by atoms with Crippen LogP contribution >= 0.6 is 0 Å². The number of hydrazine groups is 1. The summed E-state index contributed by atoms with van der Waals surface area (Å²) >= 11 is 0. The summed E-state index contributed by atoms with van der Waals surface area (Å²) in [6, 6.07) is 0. The highest BCUT2D eigenvalue weighted by atomic mass is 16.5. The minimum Gasteiger partial charge on any atom is -0.379 e. The Bertz CT molecular complexity index is 76.0. The largest absolute Gasteiger partial charge is 0.379 e. The van der Waals surface area contributed by atoms with Crippen molar-refractivity contribution in [3.05, 3.63) is 0 Å². The molecule has 1 unspecified atom stereocenters. The second-order valence-corrected chi connectivity index (χ2v) is 2.54. The second-order valence-electron chi connectivity index (χ2n) is 2.54. The van der Waals surface area contributed by atoms with Crippen LogP contribution in [0.3, 0.4) is 0 Å². The lowest BCUT2D eigenvalue weighted by molar-refractivity contribution is 0.0634. The Morgan fingerprint density at radius 1 is 1.60 bits per heavy atom. The van der Waals surface area contributed by atoms with E-state index >= 15 is 0 Å². The molecule has 1 atom stereocenters. The van der Waals surface area contributed by atoms with Gasteiger partial charge in [0.15, 0.2) is 0 Å². The molecule has 0 heterocycles. The van der Waals surface area contributed by atoms with Gasteiger partial charge < -0.3 is 4.74 Å². The van der Waals surface area contributed by atoms with Crippen molar-refractivity contribution < 1.29 is 4.74 Å². The highest BCUT2D eigenvalue weighted by molar-refractivity contribution is 4.51. The number of ether oxygens (including phenoxy) is 1. The third-order valence-electron chi connectivity index (χ3n) is 1.34. The van der Waals surface area contributed by atoms with Crippen molar-refractivity contribution in [3.8, 4) is 0 Å². The predicted octanol–water partition coefficient (Wildman–Crippen LogP) is 0.607. The number of rotatable bonds is 5. The lowest BCUT2D eigenvalue weighted by Crippen LogP contribution is -2.29. The van der Waals surface area contributed by atoms with Crippen LogP contribution in [-0.4, -0.2) is 31.3 Å². The predicted molar refractivity (Wildman–Crippen MR) is 42.5 cm³/mol. The van der Waals surface area contributed by atoms with E-state index in [1.54, 1.807) is 5.01 Å². The van der Waals surface area contributed by atoms with Gasteiger partial charge in [-0.1, -0.05) is 0 Å². The molecule has 0 aliphatic heterocycles. The van der Waals surface area contributed by atoms with E-state index in [1.807, 2.05) is 14.0 Å². The fraction of sp³-hybridized carbons (Fsp3) is 1.00. The topological polar surface area (TPSA) is 38.5 Å². The molecule has 0 amide bonds. The van der Waals surface area contributed by atoms with Crippen LogP contribution in [0.2, 0.25) is 0 Å². The van der Waals surface area contributed by atoms with Crippen LogP contribution in [0.1, 0.15) is 20.3 Å². The van der Waals surface area contributed by atoms with Crippen LogP contribution in [0.15, 0.2) is 0 Å². The van der Waals surface area contributed by atoms with Crippen molar-refractivity contribution in [1.29, 1.82) is 0 Å². The lowest BCUT2D eigenvalue weighted by atomic mass is 10.3. The van der Waals surface area contributed by atoms with Gasteiger partial charge in [0.05, 0.1) is 6.10 Å². The highest BCUT2D eigenvalue weighted by Gasteiger charge is 2.00. The summed E-state index contributed by atoms with van der Waals surface area (Å²) in [6.07, 6.45) is 1.33. The van der Waals surface area contributed by atoms with Gasteiger partial charge in [-0.2, -0.15) is 0 Å². The summed E-state index contributed by atoms with van der Waals surface area (Å²) in [4.78, 5) is 0. The standard InChI is InChI=1S/C7H18N2O/c1-4-10-7(2)5-6-9(3)8/h7H,4-6,8H2,1-3H3. The molecule has 0 radical (unpaired) electrons. The Morgan fingerprint density at radius 3 is 2.60 bits per heavy atom. The first-order valence-corrected chi connectivity index (χ1v) is 3.74. The summed E-state index contributed by atoms with van der Waals surface area (Å²) < 4.78 is 5.31. The van der Waals surface area contributed by atoms with Gasteiger partial charge in [0.1, 0.15) is 0 Å². The Balaban J connectivity index is 3.12. The van der Waals surface area contributed by atoms with Gasteiger partial charge in [-0.05, 0) is 20.3 Å². The average molecular weight is 146 g/mol. The molecule has 0 rings (SSSR count). The van der Waals surface area contributed by atoms with Crippen LogP contribution in [0.5, 0.6) is 0 Å². The minimum absolute atomic E-state index is 0.330.